The summed E-state index contributed by atoms with van der Waals surface area (Å²) in [5, 5.41) is 0.906. The van der Waals surface area contributed by atoms with Gasteiger partial charge >= 0.3 is 12.4 Å². The van der Waals surface area contributed by atoms with Crippen LogP contribution >= 0.6 is 0 Å². The number of hydrogen-bond acceptors (Lipinski definition) is 2. The SMILES string of the molecule is O=S(=O)(c1cc(C(F)(F)F)cc(C(F)(F)F)c1)N1CCc2c([nH]c3ccccc23)C1. The van der Waals surface area contributed by atoms with Crippen molar-refractivity contribution in [2.75, 3.05) is 6.54 Å². The number of aromatic nitrogens is 1. The van der Waals surface area contributed by atoms with Crippen molar-refractivity contribution in [3.8, 4) is 0 Å². The minimum Gasteiger partial charge on any atom is -0.357 e. The van der Waals surface area contributed by atoms with Gasteiger partial charge in [0, 0.05) is 23.1 Å². The van der Waals surface area contributed by atoms with E-state index >= 15 is 0 Å². The number of hydrogen-bond donors (Lipinski definition) is 1. The van der Waals surface area contributed by atoms with Gasteiger partial charge in [-0.05, 0) is 36.2 Å². The molecule has 0 atom stereocenters. The van der Waals surface area contributed by atoms with Gasteiger partial charge in [-0.15, -0.1) is 0 Å². The second-order valence-corrected chi connectivity index (χ2v) is 8.90. The van der Waals surface area contributed by atoms with Crippen molar-refractivity contribution in [1.82, 2.24) is 9.29 Å². The van der Waals surface area contributed by atoms with Crippen LogP contribution in [0.1, 0.15) is 22.4 Å². The van der Waals surface area contributed by atoms with Crippen LogP contribution in [0.5, 0.6) is 0 Å². The summed E-state index contributed by atoms with van der Waals surface area (Å²) >= 11 is 0. The molecule has 1 aliphatic heterocycles. The first-order chi connectivity index (χ1) is 13.9. The van der Waals surface area contributed by atoms with Crippen LogP contribution in [-0.4, -0.2) is 24.3 Å². The van der Waals surface area contributed by atoms with E-state index in [0.717, 1.165) is 20.8 Å². The smallest absolute Gasteiger partial charge is 0.357 e. The lowest BCUT2D eigenvalue weighted by Gasteiger charge is -2.27. The van der Waals surface area contributed by atoms with E-state index in [2.05, 4.69) is 4.98 Å². The molecule has 0 aliphatic carbocycles. The molecule has 160 valence electrons. The molecule has 2 aromatic carbocycles. The van der Waals surface area contributed by atoms with Crippen LogP contribution in [0, 0.1) is 0 Å². The Morgan fingerprint density at radius 1 is 0.900 bits per heavy atom. The molecule has 0 fully saturated rings. The van der Waals surface area contributed by atoms with Crippen LogP contribution in [0.2, 0.25) is 0 Å². The number of halogens is 6. The summed E-state index contributed by atoms with van der Waals surface area (Å²) < 4.78 is 105. The summed E-state index contributed by atoms with van der Waals surface area (Å²) in [7, 11) is -4.59. The van der Waals surface area contributed by atoms with Crippen LogP contribution in [0.3, 0.4) is 0 Å². The van der Waals surface area contributed by atoms with Crippen molar-refractivity contribution >= 4 is 20.9 Å². The van der Waals surface area contributed by atoms with Crippen molar-refractivity contribution in [2.45, 2.75) is 30.2 Å². The maximum atomic E-state index is 13.1. The van der Waals surface area contributed by atoms with E-state index in [0.29, 0.717) is 5.69 Å². The minimum absolute atomic E-state index is 0.0607. The number of para-hydroxylation sites is 1. The Kier molecular flexibility index (Phi) is 4.66. The molecule has 2 heterocycles. The van der Waals surface area contributed by atoms with Gasteiger partial charge in [-0.3, -0.25) is 0 Å². The lowest BCUT2D eigenvalue weighted by molar-refractivity contribution is -0.143. The second kappa shape index (κ2) is 6.74. The Hall–Kier alpha value is -2.53. The summed E-state index contributed by atoms with van der Waals surface area (Å²) in [4.78, 5) is 2.04. The number of nitrogens with zero attached hydrogens (tertiary/aromatic N) is 1. The van der Waals surface area contributed by atoms with Crippen molar-refractivity contribution in [1.29, 1.82) is 0 Å². The Balaban J connectivity index is 1.77. The normalized spacial score (nSPS) is 16.1. The van der Waals surface area contributed by atoms with Gasteiger partial charge in [0.25, 0.3) is 0 Å². The highest BCUT2D eigenvalue weighted by Crippen LogP contribution is 2.38. The molecule has 1 aliphatic rings. The highest BCUT2D eigenvalue weighted by atomic mass is 32.2. The van der Waals surface area contributed by atoms with Crippen molar-refractivity contribution in [3.05, 3.63) is 64.8 Å². The van der Waals surface area contributed by atoms with E-state index in [1.165, 1.54) is 0 Å². The zero-order chi connectivity index (χ0) is 21.9. The molecule has 0 bridgehead atoms. The predicted molar refractivity (Wildman–Crippen MR) is 96.0 cm³/mol. The van der Waals surface area contributed by atoms with Crippen LogP contribution in [0.4, 0.5) is 26.3 Å². The van der Waals surface area contributed by atoms with E-state index in [1.54, 1.807) is 12.1 Å². The number of nitrogens with one attached hydrogen (secondary N) is 1. The zero-order valence-electron chi connectivity index (χ0n) is 15.1. The van der Waals surface area contributed by atoms with Gasteiger partial charge in [0.15, 0.2) is 0 Å². The van der Waals surface area contributed by atoms with Gasteiger partial charge in [0.05, 0.1) is 22.6 Å². The topological polar surface area (TPSA) is 53.2 Å². The molecule has 0 unspecified atom stereocenters. The first kappa shape index (κ1) is 20.7. The van der Waals surface area contributed by atoms with Crippen LogP contribution in [0.15, 0.2) is 47.4 Å². The summed E-state index contributed by atoms with van der Waals surface area (Å²) in [5.41, 5.74) is -1.11. The third-order valence-corrected chi connectivity index (χ3v) is 6.87. The van der Waals surface area contributed by atoms with Gasteiger partial charge in [0.1, 0.15) is 0 Å². The average Bonchev–Trinajstić information content (AvgIpc) is 3.04. The number of H-pyrrole nitrogens is 1. The first-order valence-electron chi connectivity index (χ1n) is 8.75. The summed E-state index contributed by atoms with van der Waals surface area (Å²) in [6, 6.07) is 7.66. The van der Waals surface area contributed by atoms with E-state index in [1.807, 2.05) is 12.1 Å². The molecular weight excluding hydrogens is 434 g/mol. The van der Waals surface area contributed by atoms with Crippen LogP contribution < -0.4 is 0 Å². The quantitative estimate of drug-likeness (QED) is 0.564. The largest absolute Gasteiger partial charge is 0.416 e. The first-order valence-corrected chi connectivity index (χ1v) is 10.2. The monoisotopic (exact) mass is 448 g/mol. The molecule has 11 heteroatoms. The zero-order valence-corrected chi connectivity index (χ0v) is 15.9. The van der Waals surface area contributed by atoms with Crippen molar-refractivity contribution in [2.24, 2.45) is 0 Å². The van der Waals surface area contributed by atoms with Crippen molar-refractivity contribution < 1.29 is 34.8 Å². The number of fused-ring (bicyclic) bond motifs is 3. The van der Waals surface area contributed by atoms with Gasteiger partial charge in [0.2, 0.25) is 10.0 Å². The summed E-state index contributed by atoms with van der Waals surface area (Å²) in [6.07, 6.45) is -9.97. The molecule has 4 rings (SSSR count). The molecule has 0 saturated heterocycles. The maximum absolute atomic E-state index is 13.1. The molecule has 1 N–H and O–H groups in total. The number of aromatic amines is 1. The molecule has 0 radical (unpaired) electrons. The molecule has 0 spiro atoms. The number of rotatable bonds is 2. The number of alkyl halides is 6. The molecular formula is C19H14F6N2O2S. The molecule has 0 amide bonds. The molecule has 4 nitrogen and oxygen atoms in total. The van der Waals surface area contributed by atoms with Crippen LogP contribution in [-0.2, 0) is 35.3 Å². The average molecular weight is 448 g/mol. The Labute approximate surface area is 167 Å². The fourth-order valence-electron chi connectivity index (χ4n) is 3.60. The second-order valence-electron chi connectivity index (χ2n) is 6.96. The summed E-state index contributed by atoms with van der Waals surface area (Å²) in [5.74, 6) is 0. The van der Waals surface area contributed by atoms with Gasteiger partial charge < -0.3 is 4.98 Å². The van der Waals surface area contributed by atoms with E-state index < -0.39 is 38.4 Å². The number of benzene rings is 2. The Bertz CT molecular complexity index is 1200. The molecule has 30 heavy (non-hydrogen) atoms. The van der Waals surface area contributed by atoms with Crippen LogP contribution in [0.25, 0.3) is 10.9 Å². The molecule has 1 aromatic heterocycles. The fourth-order valence-corrected chi connectivity index (χ4v) is 5.08. The molecule has 0 saturated carbocycles. The highest BCUT2D eigenvalue weighted by Gasteiger charge is 2.39. The highest BCUT2D eigenvalue weighted by molar-refractivity contribution is 7.89. The lowest BCUT2D eigenvalue weighted by Crippen LogP contribution is -2.36. The maximum Gasteiger partial charge on any atom is 0.416 e. The number of sulfonamides is 1. The third kappa shape index (κ3) is 3.56. The fraction of sp³-hybridized carbons (Fsp3) is 0.263. The van der Waals surface area contributed by atoms with Gasteiger partial charge in [-0.1, -0.05) is 18.2 Å². The van der Waals surface area contributed by atoms with E-state index in [-0.39, 0.29) is 37.7 Å². The standard InChI is InChI=1S/C19H14F6N2O2S/c20-18(21,22)11-7-12(19(23,24)25)9-13(8-11)30(28,29)27-6-5-15-14-3-1-2-4-16(14)26-17(15)10-27/h1-4,7-9,26H,5-6,10H2. The van der Waals surface area contributed by atoms with Gasteiger partial charge in [-0.2, -0.15) is 30.6 Å². The van der Waals surface area contributed by atoms with Gasteiger partial charge in [-0.25, -0.2) is 8.42 Å². The molecule has 3 aromatic rings. The van der Waals surface area contributed by atoms with E-state index in [9.17, 15) is 34.8 Å². The Morgan fingerprint density at radius 2 is 1.50 bits per heavy atom. The van der Waals surface area contributed by atoms with Crippen molar-refractivity contribution in [3.63, 3.8) is 0 Å². The Morgan fingerprint density at radius 3 is 2.10 bits per heavy atom. The third-order valence-electron chi connectivity index (χ3n) is 5.05. The summed E-state index contributed by atoms with van der Waals surface area (Å²) in [6.45, 7) is -0.237. The predicted octanol–water partition coefficient (Wildman–Crippen LogP) is 4.95. The minimum atomic E-state index is -5.13. The van der Waals surface area contributed by atoms with E-state index in [4.69, 9.17) is 0 Å². The lowest BCUT2D eigenvalue weighted by atomic mass is 10.1.